The van der Waals surface area contributed by atoms with E-state index in [1.165, 1.54) is 0 Å². The zero-order valence-electron chi connectivity index (χ0n) is 19.9. The van der Waals surface area contributed by atoms with E-state index in [0.29, 0.717) is 18.1 Å². The number of halogens is 5. The molecule has 1 saturated heterocycles. The molecule has 1 aliphatic carbocycles. The average Bonchev–Trinajstić information content (AvgIpc) is 2.90. The van der Waals surface area contributed by atoms with Gasteiger partial charge in [-0.1, -0.05) is 43.3 Å². The van der Waals surface area contributed by atoms with Gasteiger partial charge in [-0.15, -0.1) is 0 Å². The summed E-state index contributed by atoms with van der Waals surface area (Å²) in [5.74, 6) is -4.53. The summed E-state index contributed by atoms with van der Waals surface area (Å²) in [6.45, 7) is 2.15. The molecule has 0 bridgehead atoms. The van der Waals surface area contributed by atoms with Crippen LogP contribution in [0.25, 0.3) is 5.83 Å². The van der Waals surface area contributed by atoms with Crippen molar-refractivity contribution < 1.29 is 26.7 Å². The standard InChI is InChI=1S/C29H31F5O/c1-2-25(30)28(33)21-10-8-19(9-11-21)22-12-14-24(35-17-22)13-5-18-3-6-20(7-4-18)23-15-26(31)29(34)27(32)16-23/h5,8-11,13,15-16,18,20,22,24H,2-4,6-7,12,14,17H2,1H3/b13-5+,28-25+. The van der Waals surface area contributed by atoms with Crippen LogP contribution >= 0.6 is 0 Å². The van der Waals surface area contributed by atoms with Crippen molar-refractivity contribution in [3.8, 4) is 0 Å². The first kappa shape index (κ1) is 25.6. The molecule has 2 aromatic rings. The minimum Gasteiger partial charge on any atom is -0.374 e. The van der Waals surface area contributed by atoms with Crippen molar-refractivity contribution in [2.45, 2.75) is 69.8 Å². The maximum atomic E-state index is 14.0. The summed E-state index contributed by atoms with van der Waals surface area (Å²) < 4.78 is 73.9. The smallest absolute Gasteiger partial charge is 0.194 e. The van der Waals surface area contributed by atoms with Gasteiger partial charge in [0.1, 0.15) is 5.83 Å². The van der Waals surface area contributed by atoms with E-state index in [4.69, 9.17) is 4.74 Å². The molecule has 0 spiro atoms. The molecule has 2 aromatic carbocycles. The van der Waals surface area contributed by atoms with Gasteiger partial charge in [-0.3, -0.25) is 0 Å². The van der Waals surface area contributed by atoms with Crippen LogP contribution in [0.5, 0.6) is 0 Å². The second-order valence-electron chi connectivity index (χ2n) is 9.64. The Morgan fingerprint density at radius 2 is 1.46 bits per heavy atom. The van der Waals surface area contributed by atoms with Crippen LogP contribution in [-0.4, -0.2) is 12.7 Å². The Balaban J connectivity index is 1.24. The second-order valence-corrected chi connectivity index (χ2v) is 9.64. The first-order chi connectivity index (χ1) is 16.9. The topological polar surface area (TPSA) is 9.23 Å². The summed E-state index contributed by atoms with van der Waals surface area (Å²) in [5.41, 5.74) is 1.86. The molecule has 0 radical (unpaired) electrons. The number of ether oxygens (including phenoxy) is 1. The van der Waals surface area contributed by atoms with Gasteiger partial charge in [-0.2, -0.15) is 0 Å². The molecule has 2 unspecified atom stereocenters. The van der Waals surface area contributed by atoms with Gasteiger partial charge in [0.25, 0.3) is 0 Å². The summed E-state index contributed by atoms with van der Waals surface area (Å²) in [6.07, 6.45) is 9.66. The highest BCUT2D eigenvalue weighted by Gasteiger charge is 2.25. The van der Waals surface area contributed by atoms with Crippen molar-refractivity contribution in [2.75, 3.05) is 6.61 Å². The van der Waals surface area contributed by atoms with Crippen LogP contribution < -0.4 is 0 Å². The molecule has 0 amide bonds. The molecule has 188 valence electrons. The number of allylic oxidation sites excluding steroid dienone is 2. The van der Waals surface area contributed by atoms with E-state index in [0.717, 1.165) is 56.2 Å². The van der Waals surface area contributed by atoms with Crippen LogP contribution in [-0.2, 0) is 4.74 Å². The lowest BCUT2D eigenvalue weighted by Gasteiger charge is -2.29. The molecule has 0 aromatic heterocycles. The van der Waals surface area contributed by atoms with E-state index in [1.807, 2.05) is 12.1 Å². The molecule has 0 N–H and O–H groups in total. The number of rotatable bonds is 6. The molecule has 6 heteroatoms. The van der Waals surface area contributed by atoms with E-state index in [9.17, 15) is 22.0 Å². The fourth-order valence-corrected chi connectivity index (χ4v) is 5.14. The molecule has 1 saturated carbocycles. The first-order valence-corrected chi connectivity index (χ1v) is 12.4. The Bertz CT molecular complexity index is 1040. The van der Waals surface area contributed by atoms with Crippen molar-refractivity contribution in [3.05, 3.63) is 88.5 Å². The minimum atomic E-state index is -1.41. The van der Waals surface area contributed by atoms with Gasteiger partial charge in [0.05, 0.1) is 12.7 Å². The summed E-state index contributed by atoms with van der Waals surface area (Å²) in [7, 11) is 0. The Hall–Kier alpha value is -2.47. The third-order valence-electron chi connectivity index (χ3n) is 7.34. The number of hydrogen-bond acceptors (Lipinski definition) is 1. The van der Waals surface area contributed by atoms with Gasteiger partial charge in [0.15, 0.2) is 23.3 Å². The fraction of sp³-hybridized carbons (Fsp3) is 0.448. The molecular weight excluding hydrogens is 459 g/mol. The van der Waals surface area contributed by atoms with E-state index < -0.39 is 29.1 Å². The Labute approximate surface area is 203 Å². The van der Waals surface area contributed by atoms with Crippen LogP contribution in [0.3, 0.4) is 0 Å². The molecule has 4 rings (SSSR count). The highest BCUT2D eigenvalue weighted by atomic mass is 19.2. The molecule has 2 aliphatic rings. The highest BCUT2D eigenvalue weighted by molar-refractivity contribution is 5.61. The van der Waals surface area contributed by atoms with Crippen LogP contribution in [0.2, 0.25) is 0 Å². The molecular formula is C29H31F5O. The van der Waals surface area contributed by atoms with Crippen LogP contribution in [0, 0.1) is 23.4 Å². The van der Waals surface area contributed by atoms with Gasteiger partial charge in [-0.05, 0) is 80.0 Å². The van der Waals surface area contributed by atoms with Crippen molar-refractivity contribution in [1.29, 1.82) is 0 Å². The summed E-state index contributed by atoms with van der Waals surface area (Å²) in [6, 6.07) is 9.18. The molecule has 35 heavy (non-hydrogen) atoms. The third kappa shape index (κ3) is 6.21. The lowest BCUT2D eigenvalue weighted by atomic mass is 9.78. The monoisotopic (exact) mass is 490 g/mol. The summed E-state index contributed by atoms with van der Waals surface area (Å²) >= 11 is 0. The minimum absolute atomic E-state index is 0.0363. The number of benzene rings is 2. The average molecular weight is 491 g/mol. The van der Waals surface area contributed by atoms with E-state index in [-0.39, 0.29) is 29.9 Å². The predicted molar refractivity (Wildman–Crippen MR) is 128 cm³/mol. The van der Waals surface area contributed by atoms with Gasteiger partial charge in [-0.25, -0.2) is 22.0 Å². The maximum absolute atomic E-state index is 14.0. The Kier molecular flexibility index (Phi) is 8.42. The Morgan fingerprint density at radius 1 is 0.829 bits per heavy atom. The van der Waals surface area contributed by atoms with Crippen LogP contribution in [0.1, 0.15) is 80.4 Å². The van der Waals surface area contributed by atoms with Crippen molar-refractivity contribution in [3.63, 3.8) is 0 Å². The summed E-state index contributed by atoms with van der Waals surface area (Å²) in [5, 5.41) is 0. The highest BCUT2D eigenvalue weighted by Crippen LogP contribution is 2.38. The predicted octanol–water partition coefficient (Wildman–Crippen LogP) is 8.91. The van der Waals surface area contributed by atoms with Crippen molar-refractivity contribution in [2.24, 2.45) is 5.92 Å². The molecule has 1 heterocycles. The van der Waals surface area contributed by atoms with Crippen LogP contribution in [0.15, 0.2) is 54.4 Å². The van der Waals surface area contributed by atoms with E-state index >= 15 is 0 Å². The van der Waals surface area contributed by atoms with Crippen molar-refractivity contribution >= 4 is 5.83 Å². The Morgan fingerprint density at radius 3 is 2.03 bits per heavy atom. The van der Waals surface area contributed by atoms with Gasteiger partial charge >= 0.3 is 0 Å². The number of hydrogen-bond donors (Lipinski definition) is 0. The zero-order valence-corrected chi connectivity index (χ0v) is 19.9. The quantitative estimate of drug-likeness (QED) is 0.223. The second kappa shape index (κ2) is 11.5. The SMILES string of the molecule is CC/C(F)=C(\F)c1ccc(C2CCC(/C=C/C3CCC(c4cc(F)c(F)c(F)c4)CC3)OC2)cc1. The largest absolute Gasteiger partial charge is 0.374 e. The maximum Gasteiger partial charge on any atom is 0.194 e. The molecule has 1 nitrogen and oxygen atoms in total. The molecule has 1 aliphatic heterocycles. The van der Waals surface area contributed by atoms with Crippen LogP contribution in [0.4, 0.5) is 22.0 Å². The zero-order chi connectivity index (χ0) is 24.9. The van der Waals surface area contributed by atoms with Gasteiger partial charge in [0, 0.05) is 11.5 Å². The first-order valence-electron chi connectivity index (χ1n) is 12.4. The molecule has 2 fully saturated rings. The lowest BCUT2D eigenvalue weighted by molar-refractivity contribution is 0.0323. The van der Waals surface area contributed by atoms with E-state index in [2.05, 4.69) is 12.2 Å². The molecule has 2 atom stereocenters. The van der Waals surface area contributed by atoms with Crippen molar-refractivity contribution in [1.82, 2.24) is 0 Å². The van der Waals surface area contributed by atoms with Gasteiger partial charge < -0.3 is 4.74 Å². The van der Waals surface area contributed by atoms with Gasteiger partial charge in [0.2, 0.25) is 0 Å². The van der Waals surface area contributed by atoms with E-state index in [1.54, 1.807) is 19.1 Å². The normalized spacial score (nSPS) is 26.1. The third-order valence-corrected chi connectivity index (χ3v) is 7.34. The summed E-state index contributed by atoms with van der Waals surface area (Å²) in [4.78, 5) is 0. The fourth-order valence-electron chi connectivity index (χ4n) is 5.14. The lowest BCUT2D eigenvalue weighted by Crippen LogP contribution is -2.23.